The van der Waals surface area contributed by atoms with Gasteiger partial charge in [-0.1, -0.05) is 0 Å². The fourth-order valence-electron chi connectivity index (χ4n) is 4.16. The van der Waals surface area contributed by atoms with E-state index in [0.717, 1.165) is 13.2 Å². The summed E-state index contributed by atoms with van der Waals surface area (Å²) >= 11 is 2.09. The molecule has 4 heterocycles. The van der Waals surface area contributed by atoms with Crippen LogP contribution in [0.1, 0.15) is 24.2 Å². The lowest BCUT2D eigenvalue weighted by Crippen LogP contribution is -2.69. The van der Waals surface area contributed by atoms with Crippen molar-refractivity contribution in [2.75, 3.05) is 19.8 Å². The SMILES string of the molecule is CC1(N)COCC2C3CC(c4cn[nH]c4)SC3CNC21. The molecule has 1 aromatic heterocycles. The number of ether oxygens (including phenoxy) is 1. The monoisotopic (exact) mass is 294 g/mol. The average Bonchev–Trinajstić information content (AvgIpc) is 3.07. The van der Waals surface area contributed by atoms with Crippen molar-refractivity contribution in [3.05, 3.63) is 18.0 Å². The van der Waals surface area contributed by atoms with E-state index < -0.39 is 0 Å². The van der Waals surface area contributed by atoms with Crippen LogP contribution < -0.4 is 11.1 Å². The standard InChI is InChI=1S/C14H22N4OS/c1-14(15)7-19-6-10-9-2-11(8-3-17-18-4-8)20-12(9)5-16-13(10)14/h3-4,9-13,16H,2,5-7,15H2,1H3,(H,17,18). The van der Waals surface area contributed by atoms with Gasteiger partial charge in [-0.2, -0.15) is 5.10 Å². The van der Waals surface area contributed by atoms with Gasteiger partial charge in [0, 0.05) is 40.8 Å². The molecular formula is C14H22N4OS. The molecule has 0 aliphatic carbocycles. The van der Waals surface area contributed by atoms with Crippen molar-refractivity contribution in [3.8, 4) is 0 Å². The average molecular weight is 294 g/mol. The zero-order valence-corrected chi connectivity index (χ0v) is 12.5. The topological polar surface area (TPSA) is 76.0 Å². The van der Waals surface area contributed by atoms with E-state index in [9.17, 15) is 0 Å². The number of nitrogens with two attached hydrogens (primary N) is 1. The molecule has 0 bridgehead atoms. The number of hydrogen-bond acceptors (Lipinski definition) is 5. The first-order valence-electron chi connectivity index (χ1n) is 7.39. The van der Waals surface area contributed by atoms with Crippen LogP contribution in [0.4, 0.5) is 0 Å². The third-order valence-corrected chi connectivity index (χ3v) is 6.80. The second kappa shape index (κ2) is 4.73. The normalized spacial score (nSPS) is 47.8. The van der Waals surface area contributed by atoms with E-state index in [4.69, 9.17) is 10.5 Å². The lowest BCUT2D eigenvalue weighted by Gasteiger charge is -2.50. The Morgan fingerprint density at radius 1 is 1.50 bits per heavy atom. The Balaban J connectivity index is 1.56. The molecule has 1 aromatic rings. The third-order valence-electron chi connectivity index (χ3n) is 5.14. The van der Waals surface area contributed by atoms with E-state index in [1.165, 1.54) is 12.0 Å². The van der Waals surface area contributed by atoms with Gasteiger partial charge in [-0.25, -0.2) is 0 Å². The molecule has 3 saturated heterocycles. The lowest BCUT2D eigenvalue weighted by molar-refractivity contribution is -0.0507. The summed E-state index contributed by atoms with van der Waals surface area (Å²) in [6.07, 6.45) is 5.21. The number of nitrogens with one attached hydrogen (secondary N) is 2. The van der Waals surface area contributed by atoms with Crippen molar-refractivity contribution >= 4 is 11.8 Å². The summed E-state index contributed by atoms with van der Waals surface area (Å²) in [6.45, 7) is 4.70. The summed E-state index contributed by atoms with van der Waals surface area (Å²) in [6, 6.07) is 0.390. The molecular weight excluding hydrogens is 272 g/mol. The maximum absolute atomic E-state index is 6.44. The highest BCUT2D eigenvalue weighted by Gasteiger charge is 2.52. The van der Waals surface area contributed by atoms with E-state index in [1.54, 1.807) is 0 Å². The number of thioether (sulfide) groups is 1. The molecule has 6 heteroatoms. The van der Waals surface area contributed by atoms with Gasteiger partial charge in [-0.15, -0.1) is 11.8 Å². The highest BCUT2D eigenvalue weighted by molar-refractivity contribution is 8.00. The predicted molar refractivity (Wildman–Crippen MR) is 79.5 cm³/mol. The molecule has 0 aromatic carbocycles. The summed E-state index contributed by atoms with van der Waals surface area (Å²) in [5, 5.41) is 12.0. The number of fused-ring (bicyclic) bond motifs is 3. The van der Waals surface area contributed by atoms with Gasteiger partial charge >= 0.3 is 0 Å². The lowest BCUT2D eigenvalue weighted by atomic mass is 9.71. The number of nitrogens with zero attached hydrogens (tertiary/aromatic N) is 1. The Bertz CT molecular complexity index is 478. The van der Waals surface area contributed by atoms with Crippen LogP contribution in [0, 0.1) is 11.8 Å². The van der Waals surface area contributed by atoms with Crippen LogP contribution >= 0.6 is 11.8 Å². The van der Waals surface area contributed by atoms with Gasteiger partial charge in [-0.05, 0) is 19.3 Å². The molecule has 4 N–H and O–H groups in total. The van der Waals surface area contributed by atoms with Crippen LogP contribution in [0.2, 0.25) is 0 Å². The van der Waals surface area contributed by atoms with Crippen LogP contribution in [-0.4, -0.2) is 46.8 Å². The highest BCUT2D eigenvalue weighted by Crippen LogP contribution is 2.53. The second-order valence-electron chi connectivity index (χ2n) is 6.67. The fraction of sp³-hybridized carbons (Fsp3) is 0.786. The minimum atomic E-state index is -0.244. The Labute approximate surface area is 123 Å². The molecule has 4 rings (SSSR count). The van der Waals surface area contributed by atoms with Gasteiger partial charge in [0.15, 0.2) is 0 Å². The Morgan fingerprint density at radius 3 is 3.20 bits per heavy atom. The van der Waals surface area contributed by atoms with Gasteiger partial charge in [0.05, 0.1) is 24.9 Å². The molecule has 3 aliphatic rings. The number of hydrogen-bond donors (Lipinski definition) is 3. The smallest absolute Gasteiger partial charge is 0.0659 e. The first-order valence-corrected chi connectivity index (χ1v) is 8.33. The van der Waals surface area contributed by atoms with Gasteiger partial charge in [0.25, 0.3) is 0 Å². The summed E-state index contributed by atoms with van der Waals surface area (Å²) in [5.41, 5.74) is 7.52. The maximum atomic E-state index is 6.44. The highest BCUT2D eigenvalue weighted by atomic mass is 32.2. The summed E-state index contributed by atoms with van der Waals surface area (Å²) < 4.78 is 5.80. The molecule has 0 radical (unpaired) electrons. The summed E-state index contributed by atoms with van der Waals surface area (Å²) in [5.74, 6) is 1.25. The number of H-pyrrole nitrogens is 1. The van der Waals surface area contributed by atoms with Crippen LogP contribution in [0.25, 0.3) is 0 Å². The maximum Gasteiger partial charge on any atom is 0.0659 e. The molecule has 6 unspecified atom stereocenters. The second-order valence-corrected chi connectivity index (χ2v) is 8.11. The summed E-state index contributed by atoms with van der Waals surface area (Å²) in [4.78, 5) is 0. The molecule has 6 atom stereocenters. The van der Waals surface area contributed by atoms with E-state index in [2.05, 4.69) is 34.2 Å². The first-order chi connectivity index (χ1) is 9.65. The zero-order valence-electron chi connectivity index (χ0n) is 11.7. The third kappa shape index (κ3) is 2.01. The Kier molecular flexibility index (Phi) is 3.10. The van der Waals surface area contributed by atoms with Crippen molar-refractivity contribution in [2.24, 2.45) is 17.6 Å². The van der Waals surface area contributed by atoms with Crippen molar-refractivity contribution in [1.82, 2.24) is 15.5 Å². The minimum absolute atomic E-state index is 0.244. The van der Waals surface area contributed by atoms with Crippen LogP contribution in [0.15, 0.2) is 12.4 Å². The van der Waals surface area contributed by atoms with Crippen molar-refractivity contribution < 1.29 is 4.74 Å². The van der Waals surface area contributed by atoms with Crippen molar-refractivity contribution in [3.63, 3.8) is 0 Å². The van der Waals surface area contributed by atoms with Gasteiger partial charge in [0.1, 0.15) is 0 Å². The minimum Gasteiger partial charge on any atom is -0.379 e. The molecule has 3 aliphatic heterocycles. The molecule has 20 heavy (non-hydrogen) atoms. The van der Waals surface area contributed by atoms with Gasteiger partial charge in [-0.3, -0.25) is 5.10 Å². The van der Waals surface area contributed by atoms with E-state index in [-0.39, 0.29) is 5.54 Å². The van der Waals surface area contributed by atoms with E-state index >= 15 is 0 Å². The largest absolute Gasteiger partial charge is 0.379 e. The van der Waals surface area contributed by atoms with Crippen molar-refractivity contribution in [1.29, 1.82) is 0 Å². The van der Waals surface area contributed by atoms with Gasteiger partial charge in [0.2, 0.25) is 0 Å². The van der Waals surface area contributed by atoms with Gasteiger partial charge < -0.3 is 15.8 Å². The van der Waals surface area contributed by atoms with Crippen molar-refractivity contribution in [2.45, 2.75) is 35.4 Å². The first kappa shape index (κ1) is 13.1. The molecule has 5 nitrogen and oxygen atoms in total. The number of aromatic amines is 1. The fourth-order valence-corrected chi connectivity index (χ4v) is 5.91. The van der Waals surface area contributed by atoms with Crippen LogP contribution in [-0.2, 0) is 4.74 Å². The Morgan fingerprint density at radius 2 is 2.40 bits per heavy atom. The number of aromatic nitrogens is 2. The van der Waals surface area contributed by atoms with Crippen LogP contribution in [0.3, 0.4) is 0 Å². The Hall–Kier alpha value is -0.560. The summed E-state index contributed by atoms with van der Waals surface area (Å²) in [7, 11) is 0. The molecule has 0 amide bonds. The van der Waals surface area contributed by atoms with E-state index in [1.807, 2.05) is 12.4 Å². The predicted octanol–water partition coefficient (Wildman–Crippen LogP) is 0.908. The molecule has 0 saturated carbocycles. The number of piperidine rings is 1. The van der Waals surface area contributed by atoms with E-state index in [0.29, 0.717) is 35.0 Å². The zero-order chi connectivity index (χ0) is 13.7. The molecule has 110 valence electrons. The quantitative estimate of drug-likeness (QED) is 0.718. The van der Waals surface area contributed by atoms with Crippen LogP contribution in [0.5, 0.6) is 0 Å². The number of rotatable bonds is 1. The molecule has 3 fully saturated rings. The molecule has 0 spiro atoms.